The highest BCUT2D eigenvalue weighted by molar-refractivity contribution is 7.89. The summed E-state index contributed by atoms with van der Waals surface area (Å²) in [6.07, 6.45) is -4.03. The molecule has 1 N–H and O–H groups in total. The summed E-state index contributed by atoms with van der Waals surface area (Å²) in [5, 5.41) is 14.3. The second-order valence-corrected chi connectivity index (χ2v) is 7.96. The van der Waals surface area contributed by atoms with Crippen LogP contribution < -0.4 is 0 Å². The van der Waals surface area contributed by atoms with Crippen LogP contribution in [0.5, 0.6) is 0 Å². The van der Waals surface area contributed by atoms with Crippen molar-refractivity contribution in [3.63, 3.8) is 0 Å². The molecule has 1 aromatic carbocycles. The molecular weight excluding hydrogens is 345 g/mol. The molecule has 1 saturated carbocycles. The molecule has 3 atom stereocenters. The summed E-state index contributed by atoms with van der Waals surface area (Å²) in [5.41, 5.74) is -3.45. The third kappa shape index (κ3) is 2.33. The monoisotopic (exact) mass is 362 g/mol. The van der Waals surface area contributed by atoms with Gasteiger partial charge in [-0.3, -0.25) is 0 Å². The summed E-state index contributed by atoms with van der Waals surface area (Å²) in [6.45, 7) is 1.69. The molecule has 0 aromatic heterocycles. The Labute approximate surface area is 137 Å². The van der Waals surface area contributed by atoms with Gasteiger partial charge in [0.15, 0.2) is 0 Å². The molecule has 0 saturated heterocycles. The lowest BCUT2D eigenvalue weighted by atomic mass is 9.76. The highest BCUT2D eigenvalue weighted by Gasteiger charge is 2.70. The fourth-order valence-electron chi connectivity index (χ4n) is 3.39. The minimum Gasteiger partial charge on any atom is -0.361 e. The smallest absolute Gasteiger partial charge is 0.361 e. The van der Waals surface area contributed by atoms with Crippen LogP contribution in [-0.2, 0) is 10.0 Å². The molecule has 24 heavy (non-hydrogen) atoms. The van der Waals surface area contributed by atoms with Gasteiger partial charge in [-0.2, -0.15) is 26.7 Å². The van der Waals surface area contributed by atoms with E-state index in [-0.39, 0.29) is 27.4 Å². The number of fused-ring (bicyclic) bond motifs is 1. The van der Waals surface area contributed by atoms with Crippen molar-refractivity contribution in [1.82, 2.24) is 4.41 Å². The molecule has 9 heteroatoms. The third-order valence-corrected chi connectivity index (χ3v) is 6.34. The highest BCUT2D eigenvalue weighted by Crippen LogP contribution is 2.50. The fraction of sp³-hybridized carbons (Fsp3) is 0.533. The van der Waals surface area contributed by atoms with E-state index in [2.05, 4.69) is 5.10 Å². The molecule has 0 unspecified atom stereocenters. The van der Waals surface area contributed by atoms with Gasteiger partial charge in [0.05, 0.1) is 16.5 Å². The summed E-state index contributed by atoms with van der Waals surface area (Å²) < 4.78 is 66.4. The molecule has 3 rings (SSSR count). The van der Waals surface area contributed by atoms with Crippen LogP contribution in [0.2, 0.25) is 0 Å². The lowest BCUT2D eigenvalue weighted by molar-refractivity contribution is -0.306. The lowest BCUT2D eigenvalue weighted by Gasteiger charge is -2.39. The van der Waals surface area contributed by atoms with Crippen molar-refractivity contribution in [3.8, 4) is 0 Å². The molecular formula is C15H17F3N2O3S. The van der Waals surface area contributed by atoms with E-state index in [9.17, 15) is 26.7 Å². The minimum absolute atomic E-state index is 0.0417. The maximum Gasteiger partial charge on any atom is 0.439 e. The Morgan fingerprint density at radius 2 is 1.88 bits per heavy atom. The predicted molar refractivity (Wildman–Crippen MR) is 80.4 cm³/mol. The van der Waals surface area contributed by atoms with Gasteiger partial charge in [-0.05, 0) is 30.9 Å². The van der Waals surface area contributed by atoms with E-state index < -0.39 is 27.8 Å². The van der Waals surface area contributed by atoms with Gasteiger partial charge in [-0.15, -0.1) is 4.41 Å². The number of benzene rings is 1. The van der Waals surface area contributed by atoms with Gasteiger partial charge in [0.25, 0.3) is 15.7 Å². The average Bonchev–Trinajstić information content (AvgIpc) is 2.85. The zero-order chi connectivity index (χ0) is 17.8. The first-order valence-corrected chi connectivity index (χ1v) is 9.02. The fourth-order valence-corrected chi connectivity index (χ4v) is 4.89. The molecule has 1 aliphatic carbocycles. The second kappa shape index (κ2) is 5.45. The Hall–Kier alpha value is -1.61. The topological polar surface area (TPSA) is 70.0 Å². The summed E-state index contributed by atoms with van der Waals surface area (Å²) >= 11 is 0. The van der Waals surface area contributed by atoms with E-state index >= 15 is 0 Å². The number of halogens is 3. The lowest BCUT2D eigenvalue weighted by Crippen LogP contribution is -2.61. The van der Waals surface area contributed by atoms with Gasteiger partial charge in [-0.1, -0.05) is 31.5 Å². The van der Waals surface area contributed by atoms with Crippen LogP contribution in [0.1, 0.15) is 26.2 Å². The summed E-state index contributed by atoms with van der Waals surface area (Å²) in [5.74, 6) is -1.69. The SMILES string of the molecule is C[C@@H]1CCC[C@H]2C1=NN(S(=O)(=O)c1ccccc1)[C@@]2(O)C(F)(F)F. The maximum absolute atomic E-state index is 13.7. The van der Waals surface area contributed by atoms with Gasteiger partial charge in [-0.25, -0.2) is 0 Å². The summed E-state index contributed by atoms with van der Waals surface area (Å²) in [4.78, 5) is -0.344. The number of nitrogens with zero attached hydrogens (tertiary/aromatic N) is 2. The molecule has 0 spiro atoms. The molecule has 0 bridgehead atoms. The second-order valence-electron chi connectivity index (χ2n) is 6.19. The van der Waals surface area contributed by atoms with Crippen LogP contribution in [0.15, 0.2) is 40.3 Å². The van der Waals surface area contributed by atoms with Gasteiger partial charge in [0.2, 0.25) is 0 Å². The molecule has 1 aliphatic heterocycles. The predicted octanol–water partition coefficient (Wildman–Crippen LogP) is 2.73. The molecule has 5 nitrogen and oxygen atoms in total. The van der Waals surface area contributed by atoms with Crippen LogP contribution in [0.25, 0.3) is 0 Å². The Balaban J connectivity index is 2.17. The number of alkyl halides is 3. The normalized spacial score (nSPS) is 30.9. The number of hydrogen-bond donors (Lipinski definition) is 1. The molecule has 0 radical (unpaired) electrons. The molecule has 1 fully saturated rings. The number of rotatable bonds is 2. The Morgan fingerprint density at radius 3 is 2.46 bits per heavy atom. The van der Waals surface area contributed by atoms with Crippen molar-refractivity contribution < 1.29 is 26.7 Å². The van der Waals surface area contributed by atoms with Crippen LogP contribution in [-0.4, -0.2) is 35.6 Å². The van der Waals surface area contributed by atoms with Gasteiger partial charge in [0, 0.05) is 0 Å². The number of hydrazone groups is 1. The van der Waals surface area contributed by atoms with Gasteiger partial charge < -0.3 is 5.11 Å². The zero-order valence-electron chi connectivity index (χ0n) is 12.9. The van der Waals surface area contributed by atoms with Crippen molar-refractivity contribution in [1.29, 1.82) is 0 Å². The van der Waals surface area contributed by atoms with Gasteiger partial charge >= 0.3 is 6.18 Å². The number of hydrogen-bond acceptors (Lipinski definition) is 4. The molecule has 0 amide bonds. The van der Waals surface area contributed by atoms with Crippen LogP contribution in [0.4, 0.5) is 13.2 Å². The molecule has 1 heterocycles. The molecule has 132 valence electrons. The number of sulfonamides is 1. The number of aliphatic hydroxyl groups is 1. The quantitative estimate of drug-likeness (QED) is 0.879. The highest BCUT2D eigenvalue weighted by atomic mass is 32.2. The van der Waals surface area contributed by atoms with E-state index in [0.29, 0.717) is 12.8 Å². The van der Waals surface area contributed by atoms with E-state index in [1.165, 1.54) is 24.3 Å². The first-order chi connectivity index (χ1) is 11.1. The molecule has 2 aliphatic rings. The van der Waals surface area contributed by atoms with E-state index in [4.69, 9.17) is 0 Å². The van der Waals surface area contributed by atoms with E-state index in [0.717, 1.165) is 0 Å². The van der Waals surface area contributed by atoms with Crippen molar-refractivity contribution in [3.05, 3.63) is 30.3 Å². The molecule has 1 aromatic rings. The third-order valence-electron chi connectivity index (χ3n) is 4.66. The zero-order valence-corrected chi connectivity index (χ0v) is 13.7. The first-order valence-electron chi connectivity index (χ1n) is 7.58. The Kier molecular flexibility index (Phi) is 3.91. The first kappa shape index (κ1) is 17.2. The van der Waals surface area contributed by atoms with Crippen molar-refractivity contribution in [2.24, 2.45) is 16.9 Å². The van der Waals surface area contributed by atoms with Crippen molar-refractivity contribution in [2.75, 3.05) is 0 Å². The van der Waals surface area contributed by atoms with E-state index in [1.54, 1.807) is 13.0 Å². The van der Waals surface area contributed by atoms with Gasteiger partial charge in [0.1, 0.15) is 0 Å². The van der Waals surface area contributed by atoms with Crippen molar-refractivity contribution >= 4 is 15.7 Å². The van der Waals surface area contributed by atoms with Crippen LogP contribution in [0.3, 0.4) is 0 Å². The standard InChI is InChI=1S/C15H17F3N2O3S/c1-10-6-5-9-12-13(10)19-20(14(12,21)15(16,17)18)24(22,23)11-7-3-2-4-8-11/h2-4,7-8,10,12,21H,5-6,9H2,1H3/t10-,12+,14+/m1/s1. The van der Waals surface area contributed by atoms with Crippen LogP contribution >= 0.6 is 0 Å². The van der Waals surface area contributed by atoms with E-state index in [1.807, 2.05) is 0 Å². The summed E-state index contributed by atoms with van der Waals surface area (Å²) in [7, 11) is -4.64. The average molecular weight is 362 g/mol. The summed E-state index contributed by atoms with van der Waals surface area (Å²) in [6, 6.07) is 6.71. The Bertz CT molecular complexity index is 764. The van der Waals surface area contributed by atoms with Crippen molar-refractivity contribution in [2.45, 2.75) is 43.0 Å². The minimum atomic E-state index is -5.16. The largest absolute Gasteiger partial charge is 0.439 e. The van der Waals surface area contributed by atoms with Crippen LogP contribution in [0, 0.1) is 11.8 Å². The maximum atomic E-state index is 13.7. The Morgan fingerprint density at radius 1 is 1.25 bits per heavy atom.